The molecule has 0 radical (unpaired) electrons. The molecule has 2 rings (SSSR count). The Morgan fingerprint density at radius 2 is 1.67 bits per heavy atom. The van der Waals surface area contributed by atoms with E-state index in [0.29, 0.717) is 5.69 Å². The van der Waals surface area contributed by atoms with E-state index in [9.17, 15) is 4.91 Å². The van der Waals surface area contributed by atoms with E-state index in [0.717, 1.165) is 10.8 Å². The molecule has 0 unspecified atom stereocenters. The highest BCUT2D eigenvalue weighted by molar-refractivity contribution is 5.90. The van der Waals surface area contributed by atoms with Crippen LogP contribution >= 0.6 is 0 Å². The topological polar surface area (TPSA) is 31.0 Å². The van der Waals surface area contributed by atoms with Gasteiger partial charge in [0.15, 0.2) is 0 Å². The highest BCUT2D eigenvalue weighted by Gasteiger charge is 2.03. The van der Waals surface area contributed by atoms with E-state index in [2.05, 4.69) is 0 Å². The van der Waals surface area contributed by atoms with Gasteiger partial charge in [0.05, 0.1) is 5.39 Å². The normalized spacial score (nSPS) is 10.0. The molecule has 0 aliphatic heterocycles. The quantitative estimate of drug-likeness (QED) is 0.666. The molecule has 0 heterocycles. The van der Waals surface area contributed by atoms with Crippen molar-refractivity contribution in [3.63, 3.8) is 0 Å². The molecule has 0 saturated carbocycles. The fourth-order valence-electron chi connectivity index (χ4n) is 1.31. The molecular formula is C10H8NO+. The molecule has 0 saturated heterocycles. The lowest BCUT2D eigenvalue weighted by atomic mass is 10.1. The maximum absolute atomic E-state index is 10.5. The zero-order chi connectivity index (χ0) is 8.39. The zero-order valence-corrected chi connectivity index (χ0v) is 6.45. The van der Waals surface area contributed by atoms with Crippen LogP contribution in [0.1, 0.15) is 0 Å². The fraction of sp³-hybridized carbons (Fsp3) is 0. The molecule has 0 aromatic heterocycles. The average molecular weight is 158 g/mol. The first-order valence-corrected chi connectivity index (χ1v) is 3.78. The highest BCUT2D eigenvalue weighted by atomic mass is 16.3. The predicted molar refractivity (Wildman–Crippen MR) is 47.9 cm³/mol. The number of rotatable bonds is 1. The van der Waals surface area contributed by atoms with E-state index >= 15 is 0 Å². The first kappa shape index (κ1) is 6.98. The molecule has 2 aromatic carbocycles. The number of nitroso groups, excluding NO2 is 1. The van der Waals surface area contributed by atoms with Crippen LogP contribution in [-0.4, -0.2) is 0 Å². The molecule has 2 nitrogen and oxygen atoms in total. The van der Waals surface area contributed by atoms with Crippen molar-refractivity contribution in [3.05, 3.63) is 47.4 Å². The number of hydrogen-bond donors (Lipinski definition) is 1. The molecule has 0 spiro atoms. The maximum atomic E-state index is 10.5. The monoisotopic (exact) mass is 158 g/mol. The second-order valence-electron chi connectivity index (χ2n) is 2.63. The summed E-state index contributed by atoms with van der Waals surface area (Å²) < 4.78 is 0. The predicted octanol–water partition coefficient (Wildman–Crippen LogP) is 1.32. The SMILES string of the molecule is O=[NH+]c1cccc2ccccc12. The Kier molecular flexibility index (Phi) is 1.59. The van der Waals surface area contributed by atoms with Crippen LogP contribution in [0.4, 0.5) is 5.69 Å². The summed E-state index contributed by atoms with van der Waals surface area (Å²) in [5.41, 5.74) is 0.633. The van der Waals surface area contributed by atoms with E-state index in [1.807, 2.05) is 41.6 Å². The van der Waals surface area contributed by atoms with Crippen LogP contribution in [-0.2, 0) is 0 Å². The van der Waals surface area contributed by atoms with Gasteiger partial charge >= 0.3 is 0 Å². The molecule has 1 N–H and O–H groups in total. The van der Waals surface area contributed by atoms with Crippen LogP contribution in [0, 0.1) is 4.91 Å². The molecule has 0 fully saturated rings. The lowest BCUT2D eigenvalue weighted by Crippen LogP contribution is -2.55. The Labute approximate surface area is 69.8 Å². The van der Waals surface area contributed by atoms with Crippen molar-refractivity contribution in [1.82, 2.24) is 0 Å². The van der Waals surface area contributed by atoms with E-state index in [1.165, 1.54) is 0 Å². The van der Waals surface area contributed by atoms with Crippen LogP contribution < -0.4 is 5.18 Å². The van der Waals surface area contributed by atoms with E-state index < -0.39 is 0 Å². The molecule has 0 bridgehead atoms. The van der Waals surface area contributed by atoms with Crippen LogP contribution in [0.15, 0.2) is 42.5 Å². The van der Waals surface area contributed by atoms with Crippen LogP contribution in [0.3, 0.4) is 0 Å². The van der Waals surface area contributed by atoms with Gasteiger partial charge in [0, 0.05) is 16.2 Å². The molecule has 0 amide bonds. The summed E-state index contributed by atoms with van der Waals surface area (Å²) in [6.45, 7) is 0. The standard InChI is InChI=1S/C10H7NO/c12-11-10-7-3-5-8-4-1-2-6-9(8)10/h1-7H/p+1. The van der Waals surface area contributed by atoms with Gasteiger partial charge in [0.25, 0.3) is 5.69 Å². The fourth-order valence-corrected chi connectivity index (χ4v) is 1.31. The lowest BCUT2D eigenvalue weighted by molar-refractivity contribution is -0.377. The van der Waals surface area contributed by atoms with E-state index in [4.69, 9.17) is 0 Å². The Bertz CT molecular complexity index is 418. The van der Waals surface area contributed by atoms with Gasteiger partial charge in [-0.15, -0.1) is 0 Å². The third-order valence-corrected chi connectivity index (χ3v) is 1.90. The molecule has 12 heavy (non-hydrogen) atoms. The maximum Gasteiger partial charge on any atom is 0.261 e. The molecular weight excluding hydrogens is 150 g/mol. The summed E-state index contributed by atoms with van der Waals surface area (Å²) >= 11 is 0. The minimum Gasteiger partial charge on any atom is -0.0616 e. The van der Waals surface area contributed by atoms with Crippen LogP contribution in [0.25, 0.3) is 10.8 Å². The van der Waals surface area contributed by atoms with Crippen molar-refractivity contribution in [2.75, 3.05) is 0 Å². The molecule has 58 valence electrons. The Balaban J connectivity index is 2.88. The van der Waals surface area contributed by atoms with Gasteiger partial charge in [0.1, 0.15) is 0 Å². The average Bonchev–Trinajstić information content (AvgIpc) is 2.17. The number of fused-ring (bicyclic) bond motifs is 1. The Morgan fingerprint density at radius 3 is 2.50 bits per heavy atom. The minimum absolute atomic E-state index is 0.633. The van der Waals surface area contributed by atoms with Crippen molar-refractivity contribution in [3.8, 4) is 0 Å². The van der Waals surface area contributed by atoms with Crippen molar-refractivity contribution >= 4 is 16.5 Å². The molecule has 0 atom stereocenters. The van der Waals surface area contributed by atoms with Gasteiger partial charge in [0.2, 0.25) is 0 Å². The van der Waals surface area contributed by atoms with Crippen LogP contribution in [0.5, 0.6) is 0 Å². The second kappa shape index (κ2) is 2.74. The molecule has 0 aliphatic carbocycles. The van der Waals surface area contributed by atoms with Gasteiger partial charge in [-0.2, -0.15) is 0 Å². The zero-order valence-electron chi connectivity index (χ0n) is 6.45. The summed E-state index contributed by atoms with van der Waals surface area (Å²) in [6, 6.07) is 13.4. The van der Waals surface area contributed by atoms with Gasteiger partial charge in [-0.25, -0.2) is 0 Å². The van der Waals surface area contributed by atoms with Gasteiger partial charge < -0.3 is 0 Å². The van der Waals surface area contributed by atoms with Crippen LogP contribution in [0.2, 0.25) is 0 Å². The molecule has 0 aliphatic rings. The smallest absolute Gasteiger partial charge is 0.0616 e. The molecule has 2 aromatic rings. The first-order valence-electron chi connectivity index (χ1n) is 3.78. The Hall–Kier alpha value is -1.70. The summed E-state index contributed by atoms with van der Waals surface area (Å²) in [5.74, 6) is 0. The van der Waals surface area contributed by atoms with Crippen molar-refractivity contribution < 1.29 is 5.18 Å². The molecule has 2 heteroatoms. The summed E-state index contributed by atoms with van der Waals surface area (Å²) in [5, 5.41) is 3.97. The first-order chi connectivity index (χ1) is 5.92. The number of benzene rings is 2. The van der Waals surface area contributed by atoms with E-state index in [-0.39, 0.29) is 0 Å². The lowest BCUT2D eigenvalue weighted by Gasteiger charge is -1.93. The van der Waals surface area contributed by atoms with Gasteiger partial charge in [-0.1, -0.05) is 30.3 Å². The minimum atomic E-state index is 0.633. The van der Waals surface area contributed by atoms with E-state index in [1.54, 1.807) is 6.07 Å². The third kappa shape index (κ3) is 0.975. The summed E-state index contributed by atoms with van der Waals surface area (Å²) in [6.07, 6.45) is 0. The number of hydrogen-bond acceptors (Lipinski definition) is 1. The summed E-state index contributed by atoms with van der Waals surface area (Å²) in [4.78, 5) is 10.5. The highest BCUT2D eigenvalue weighted by Crippen LogP contribution is 2.18. The van der Waals surface area contributed by atoms with Gasteiger partial charge in [-0.05, 0) is 11.5 Å². The van der Waals surface area contributed by atoms with Gasteiger partial charge in [-0.3, -0.25) is 0 Å². The second-order valence-corrected chi connectivity index (χ2v) is 2.63. The largest absolute Gasteiger partial charge is 0.261 e. The summed E-state index contributed by atoms with van der Waals surface area (Å²) in [7, 11) is 0. The third-order valence-electron chi connectivity index (χ3n) is 1.90. The number of nitrogens with one attached hydrogen (secondary N) is 1. The van der Waals surface area contributed by atoms with Crippen molar-refractivity contribution in [2.45, 2.75) is 0 Å². The van der Waals surface area contributed by atoms with Crippen molar-refractivity contribution in [1.29, 1.82) is 0 Å². The van der Waals surface area contributed by atoms with Crippen molar-refractivity contribution in [2.24, 2.45) is 0 Å². The Morgan fingerprint density at radius 1 is 0.917 bits per heavy atom.